The van der Waals surface area contributed by atoms with Gasteiger partial charge in [0.1, 0.15) is 0 Å². The van der Waals surface area contributed by atoms with Crippen molar-refractivity contribution in [3.8, 4) is 17.1 Å². The summed E-state index contributed by atoms with van der Waals surface area (Å²) >= 11 is 7.47. The molecule has 0 aliphatic rings. The van der Waals surface area contributed by atoms with Gasteiger partial charge in [-0.25, -0.2) is 0 Å². The molecule has 0 N–H and O–H groups in total. The fourth-order valence-corrected chi connectivity index (χ4v) is 4.78. The summed E-state index contributed by atoms with van der Waals surface area (Å²) in [4.78, 5) is 13.1. The molecular weight excluding hydrogens is 440 g/mol. The highest BCUT2D eigenvalue weighted by molar-refractivity contribution is 7.99. The van der Waals surface area contributed by atoms with Gasteiger partial charge in [0.15, 0.2) is 16.8 Å². The maximum absolute atomic E-state index is 13.1. The molecule has 0 saturated heterocycles. The normalized spacial score (nSPS) is 11.1. The van der Waals surface area contributed by atoms with E-state index in [4.69, 9.17) is 11.6 Å². The predicted octanol–water partition coefficient (Wildman–Crippen LogP) is 6.39. The van der Waals surface area contributed by atoms with Crippen molar-refractivity contribution >= 4 is 29.1 Å². The van der Waals surface area contributed by atoms with Crippen molar-refractivity contribution in [2.45, 2.75) is 38.9 Å². The topological polar surface area (TPSA) is 52.7 Å². The highest BCUT2D eigenvalue weighted by Crippen LogP contribution is 2.29. The fraction of sp³-hybridized carbons (Fsp3) is 0.240. The molecular formula is C25H25ClN4OS. The molecule has 2 aromatic heterocycles. The fourth-order valence-electron chi connectivity index (χ4n) is 3.82. The minimum atomic E-state index is 0.0982. The second-order valence-electron chi connectivity index (χ2n) is 7.63. The number of aromatic nitrogens is 4. The number of hydrogen-bond donors (Lipinski definition) is 0. The zero-order valence-corrected chi connectivity index (χ0v) is 20.0. The zero-order chi connectivity index (χ0) is 22.7. The standard InChI is InChI=1S/C25H25ClN4OS/c1-4-14-29-17(2)15-22(18(29)3)23(31)16-32-25-28-27-24(19-10-12-20(26)13-11-19)30(25)21-8-6-5-7-9-21/h5-13,15H,4,14,16H2,1-3H3. The summed E-state index contributed by atoms with van der Waals surface area (Å²) in [5.74, 6) is 1.10. The number of halogens is 1. The summed E-state index contributed by atoms with van der Waals surface area (Å²) in [7, 11) is 0. The predicted molar refractivity (Wildman–Crippen MR) is 131 cm³/mol. The first-order valence-corrected chi connectivity index (χ1v) is 12.0. The van der Waals surface area contributed by atoms with E-state index in [0.717, 1.165) is 41.2 Å². The van der Waals surface area contributed by atoms with E-state index in [2.05, 4.69) is 28.6 Å². The smallest absolute Gasteiger partial charge is 0.196 e. The van der Waals surface area contributed by atoms with E-state index in [1.165, 1.54) is 11.8 Å². The van der Waals surface area contributed by atoms with Crippen LogP contribution in [0, 0.1) is 13.8 Å². The maximum atomic E-state index is 13.1. The molecule has 0 fully saturated rings. The first kappa shape index (κ1) is 22.4. The molecule has 0 unspecified atom stereocenters. The Bertz CT molecular complexity index is 1230. The van der Waals surface area contributed by atoms with E-state index in [9.17, 15) is 4.79 Å². The quantitative estimate of drug-likeness (QED) is 0.224. The molecule has 0 atom stereocenters. The Kier molecular flexibility index (Phi) is 6.82. The van der Waals surface area contributed by atoms with Gasteiger partial charge in [-0.05, 0) is 62.7 Å². The molecule has 0 aliphatic heterocycles. The number of thioether (sulfide) groups is 1. The first-order chi connectivity index (χ1) is 15.5. The van der Waals surface area contributed by atoms with Crippen LogP contribution >= 0.6 is 23.4 Å². The van der Waals surface area contributed by atoms with Gasteiger partial charge in [-0.3, -0.25) is 9.36 Å². The second kappa shape index (κ2) is 9.76. The maximum Gasteiger partial charge on any atom is 0.196 e. The van der Waals surface area contributed by atoms with Gasteiger partial charge in [0.2, 0.25) is 0 Å². The molecule has 0 radical (unpaired) electrons. The number of Topliss-reactive ketones (excluding diaryl/α,β-unsaturated/α-hetero) is 1. The average molecular weight is 465 g/mol. The number of aryl methyl sites for hydroxylation is 1. The molecule has 0 saturated carbocycles. The highest BCUT2D eigenvalue weighted by atomic mass is 35.5. The summed E-state index contributed by atoms with van der Waals surface area (Å²) < 4.78 is 4.20. The Morgan fingerprint density at radius 1 is 1.03 bits per heavy atom. The van der Waals surface area contributed by atoms with E-state index in [1.807, 2.05) is 72.2 Å². The minimum absolute atomic E-state index is 0.0982. The summed E-state index contributed by atoms with van der Waals surface area (Å²) in [6, 6.07) is 19.5. The lowest BCUT2D eigenvalue weighted by Crippen LogP contribution is -2.07. The third kappa shape index (κ3) is 4.52. The molecule has 2 aromatic carbocycles. The third-order valence-corrected chi connectivity index (χ3v) is 6.58. The number of benzene rings is 2. The van der Waals surface area contributed by atoms with Crippen LogP contribution in [-0.2, 0) is 6.54 Å². The number of carbonyl (C=O) groups excluding carboxylic acids is 1. The molecule has 0 aliphatic carbocycles. The molecule has 7 heteroatoms. The molecule has 0 amide bonds. The van der Waals surface area contributed by atoms with E-state index < -0.39 is 0 Å². The molecule has 4 aromatic rings. The van der Waals surface area contributed by atoms with Crippen molar-refractivity contribution in [2.24, 2.45) is 0 Å². The zero-order valence-electron chi connectivity index (χ0n) is 18.4. The van der Waals surface area contributed by atoms with Crippen LogP contribution in [-0.4, -0.2) is 30.9 Å². The van der Waals surface area contributed by atoms with Crippen molar-refractivity contribution in [3.05, 3.63) is 82.6 Å². The molecule has 0 spiro atoms. The van der Waals surface area contributed by atoms with Crippen molar-refractivity contribution in [1.29, 1.82) is 0 Å². The molecule has 32 heavy (non-hydrogen) atoms. The Balaban J connectivity index is 1.64. The molecule has 164 valence electrons. The van der Waals surface area contributed by atoms with Crippen molar-refractivity contribution < 1.29 is 4.79 Å². The minimum Gasteiger partial charge on any atom is -0.348 e. The summed E-state index contributed by atoms with van der Waals surface area (Å²) in [6.45, 7) is 7.14. The SMILES string of the molecule is CCCn1c(C)cc(C(=O)CSc2nnc(-c3ccc(Cl)cc3)n2-c2ccccc2)c1C. The van der Waals surface area contributed by atoms with E-state index in [-0.39, 0.29) is 5.78 Å². The van der Waals surface area contributed by atoms with Gasteiger partial charge in [0, 0.05) is 39.8 Å². The average Bonchev–Trinajstić information content (AvgIpc) is 3.35. The molecule has 5 nitrogen and oxygen atoms in total. The van der Waals surface area contributed by atoms with Gasteiger partial charge >= 0.3 is 0 Å². The van der Waals surface area contributed by atoms with Crippen LogP contribution in [0.2, 0.25) is 5.02 Å². The molecule has 0 bridgehead atoms. The second-order valence-corrected chi connectivity index (χ2v) is 9.01. The van der Waals surface area contributed by atoms with Crippen molar-refractivity contribution in [2.75, 3.05) is 5.75 Å². The van der Waals surface area contributed by atoms with Gasteiger partial charge in [-0.15, -0.1) is 10.2 Å². The Morgan fingerprint density at radius 2 is 1.75 bits per heavy atom. The lowest BCUT2D eigenvalue weighted by atomic mass is 10.2. The Hall–Kier alpha value is -2.83. The number of rotatable bonds is 8. The van der Waals surface area contributed by atoms with Gasteiger partial charge in [0.25, 0.3) is 0 Å². The van der Waals surface area contributed by atoms with Crippen LogP contribution in [0.4, 0.5) is 0 Å². The number of nitrogens with zero attached hydrogens (tertiary/aromatic N) is 4. The highest BCUT2D eigenvalue weighted by Gasteiger charge is 2.20. The molecule has 2 heterocycles. The number of hydrogen-bond acceptors (Lipinski definition) is 4. The number of para-hydroxylation sites is 1. The number of ketones is 1. The summed E-state index contributed by atoms with van der Waals surface area (Å²) in [6.07, 6.45) is 1.03. The lowest BCUT2D eigenvalue weighted by Gasteiger charge is -2.10. The van der Waals surface area contributed by atoms with E-state index in [0.29, 0.717) is 21.8 Å². The van der Waals surface area contributed by atoms with Crippen LogP contribution in [0.3, 0.4) is 0 Å². The van der Waals surface area contributed by atoms with E-state index in [1.54, 1.807) is 0 Å². The first-order valence-electron chi connectivity index (χ1n) is 10.6. The monoisotopic (exact) mass is 464 g/mol. The third-order valence-electron chi connectivity index (χ3n) is 5.40. The van der Waals surface area contributed by atoms with Crippen LogP contribution < -0.4 is 0 Å². The summed E-state index contributed by atoms with van der Waals surface area (Å²) in [5.41, 5.74) is 4.79. The summed E-state index contributed by atoms with van der Waals surface area (Å²) in [5, 5.41) is 10.2. The van der Waals surface area contributed by atoms with Gasteiger partial charge in [-0.2, -0.15) is 0 Å². The van der Waals surface area contributed by atoms with Gasteiger partial charge < -0.3 is 4.57 Å². The van der Waals surface area contributed by atoms with Gasteiger partial charge in [0.05, 0.1) is 5.75 Å². The van der Waals surface area contributed by atoms with Crippen LogP contribution in [0.5, 0.6) is 0 Å². The van der Waals surface area contributed by atoms with Crippen LogP contribution in [0.25, 0.3) is 17.1 Å². The van der Waals surface area contributed by atoms with Gasteiger partial charge in [-0.1, -0.05) is 48.5 Å². The Morgan fingerprint density at radius 3 is 2.44 bits per heavy atom. The molecule has 4 rings (SSSR count). The van der Waals surface area contributed by atoms with Crippen molar-refractivity contribution in [3.63, 3.8) is 0 Å². The van der Waals surface area contributed by atoms with Crippen LogP contribution in [0.15, 0.2) is 65.8 Å². The van der Waals surface area contributed by atoms with Crippen molar-refractivity contribution in [1.82, 2.24) is 19.3 Å². The largest absolute Gasteiger partial charge is 0.348 e. The Labute approximate surface area is 197 Å². The van der Waals surface area contributed by atoms with Crippen LogP contribution in [0.1, 0.15) is 35.1 Å². The van der Waals surface area contributed by atoms with E-state index >= 15 is 0 Å². The number of carbonyl (C=O) groups is 1. The lowest BCUT2D eigenvalue weighted by molar-refractivity contribution is 0.102.